The molecule has 0 bridgehead atoms. The van der Waals surface area contributed by atoms with E-state index < -0.39 is 0 Å². The molecule has 2 aromatic carbocycles. The zero-order chi connectivity index (χ0) is 24.7. The van der Waals surface area contributed by atoms with E-state index in [4.69, 9.17) is 4.74 Å². The normalized spacial score (nSPS) is 16.8. The third-order valence-electron chi connectivity index (χ3n) is 7.59. The number of rotatable bonds is 7. The molecule has 2 amide bonds. The topological polar surface area (TPSA) is 62.7 Å². The molecule has 6 nitrogen and oxygen atoms in total. The lowest BCUT2D eigenvalue weighted by Gasteiger charge is -2.35. The second-order valence-electron chi connectivity index (χ2n) is 10.00. The molecule has 6 heteroatoms. The van der Waals surface area contributed by atoms with Crippen LogP contribution in [0.25, 0.3) is 10.8 Å². The lowest BCUT2D eigenvalue weighted by atomic mass is 9.87. The van der Waals surface area contributed by atoms with Crippen molar-refractivity contribution in [3.63, 3.8) is 0 Å². The van der Waals surface area contributed by atoms with Crippen molar-refractivity contribution in [2.45, 2.75) is 44.9 Å². The fourth-order valence-corrected chi connectivity index (χ4v) is 5.46. The predicted octanol–water partition coefficient (Wildman–Crippen LogP) is 5.11. The van der Waals surface area contributed by atoms with Crippen LogP contribution in [0.1, 0.15) is 54.6 Å². The van der Waals surface area contributed by atoms with Crippen LogP contribution < -0.4 is 4.74 Å². The first-order chi connectivity index (χ1) is 17.7. The van der Waals surface area contributed by atoms with Crippen LogP contribution in [0.15, 0.2) is 60.8 Å². The van der Waals surface area contributed by atoms with Crippen LogP contribution in [0.4, 0.5) is 0 Å². The quantitative estimate of drug-likeness (QED) is 0.467. The molecule has 0 unspecified atom stereocenters. The molecule has 188 valence electrons. The van der Waals surface area contributed by atoms with Crippen molar-refractivity contribution in [2.75, 3.05) is 32.8 Å². The second kappa shape index (κ2) is 11.5. The van der Waals surface area contributed by atoms with Crippen LogP contribution >= 0.6 is 0 Å². The van der Waals surface area contributed by atoms with E-state index in [1.54, 1.807) is 6.20 Å². The molecule has 1 aliphatic heterocycles. The van der Waals surface area contributed by atoms with Gasteiger partial charge in [-0.15, -0.1) is 0 Å². The number of pyridine rings is 1. The van der Waals surface area contributed by atoms with Gasteiger partial charge in [-0.3, -0.25) is 14.6 Å². The van der Waals surface area contributed by atoms with E-state index in [1.807, 2.05) is 64.4 Å². The molecular weight excluding hydrogens is 450 g/mol. The van der Waals surface area contributed by atoms with Crippen molar-refractivity contribution in [3.05, 3.63) is 72.1 Å². The number of hydrogen-bond acceptors (Lipinski definition) is 4. The molecule has 0 spiro atoms. The number of carbonyl (C=O) groups excluding carboxylic acids is 2. The summed E-state index contributed by atoms with van der Waals surface area (Å²) in [4.78, 5) is 34.3. The maximum Gasteiger partial charge on any atom is 0.254 e. The molecule has 1 aromatic heterocycles. The van der Waals surface area contributed by atoms with E-state index in [-0.39, 0.29) is 18.2 Å². The number of amides is 2. The highest BCUT2D eigenvalue weighted by molar-refractivity contribution is 5.95. The minimum absolute atomic E-state index is 0.00412. The Labute approximate surface area is 213 Å². The van der Waals surface area contributed by atoms with Gasteiger partial charge in [-0.1, -0.05) is 62.4 Å². The lowest BCUT2D eigenvalue weighted by Crippen LogP contribution is -2.51. The first-order valence-electron chi connectivity index (χ1n) is 13.3. The largest absolute Gasteiger partial charge is 0.494 e. The molecular formula is C30H35N3O3. The van der Waals surface area contributed by atoms with Crippen LogP contribution in [0.2, 0.25) is 0 Å². The maximum atomic E-state index is 13.1. The number of benzene rings is 2. The molecule has 2 aliphatic rings. The highest BCUT2D eigenvalue weighted by Gasteiger charge is 2.25. The number of ether oxygens (including phenoxy) is 1. The number of piperazine rings is 1. The molecule has 1 saturated heterocycles. The van der Waals surface area contributed by atoms with Crippen molar-refractivity contribution in [1.29, 1.82) is 0 Å². The highest BCUT2D eigenvalue weighted by atomic mass is 16.5. The molecule has 3 aromatic rings. The standard InChI is InChI=1S/C30H35N3O3/c34-29(22-28-27-12-5-4-9-24(27)13-15-31-28)32-16-18-33(19-17-32)30(35)25-10-6-11-26(21-25)36-20-14-23-7-2-1-3-8-23/h4-6,9-13,15,21,23H,1-3,7-8,14,16-20,22H2. The number of nitrogens with zero attached hydrogens (tertiary/aromatic N) is 3. The molecule has 0 atom stereocenters. The Morgan fingerprint density at radius 2 is 1.67 bits per heavy atom. The van der Waals surface area contributed by atoms with Gasteiger partial charge in [0.25, 0.3) is 5.91 Å². The van der Waals surface area contributed by atoms with Crippen molar-refractivity contribution in [1.82, 2.24) is 14.8 Å². The molecule has 1 aliphatic carbocycles. The summed E-state index contributed by atoms with van der Waals surface area (Å²) < 4.78 is 5.99. The molecule has 2 fully saturated rings. The van der Waals surface area contributed by atoms with Gasteiger partial charge in [-0.25, -0.2) is 0 Å². The summed E-state index contributed by atoms with van der Waals surface area (Å²) >= 11 is 0. The summed E-state index contributed by atoms with van der Waals surface area (Å²) in [5, 5.41) is 2.11. The third-order valence-corrected chi connectivity index (χ3v) is 7.59. The Hall–Kier alpha value is -3.41. The van der Waals surface area contributed by atoms with Crippen LogP contribution in [0, 0.1) is 5.92 Å². The Balaban J connectivity index is 1.12. The fourth-order valence-electron chi connectivity index (χ4n) is 5.46. The van der Waals surface area contributed by atoms with Crippen LogP contribution in [0.3, 0.4) is 0 Å². The third kappa shape index (κ3) is 5.86. The van der Waals surface area contributed by atoms with Gasteiger partial charge in [0, 0.05) is 43.3 Å². The number of aromatic nitrogens is 1. The predicted molar refractivity (Wildman–Crippen MR) is 141 cm³/mol. The Kier molecular flexibility index (Phi) is 7.79. The monoisotopic (exact) mass is 485 g/mol. The van der Waals surface area contributed by atoms with Crippen molar-refractivity contribution >= 4 is 22.6 Å². The zero-order valence-corrected chi connectivity index (χ0v) is 20.9. The summed E-state index contributed by atoms with van der Waals surface area (Å²) in [5.74, 6) is 1.59. The molecule has 0 N–H and O–H groups in total. The first-order valence-corrected chi connectivity index (χ1v) is 13.3. The number of hydrogen-bond donors (Lipinski definition) is 0. The molecule has 5 rings (SSSR count). The van der Waals surface area contributed by atoms with Crippen LogP contribution in [-0.2, 0) is 11.2 Å². The Morgan fingerprint density at radius 1 is 0.889 bits per heavy atom. The second-order valence-corrected chi connectivity index (χ2v) is 10.00. The van der Waals surface area contributed by atoms with Crippen molar-refractivity contribution < 1.29 is 14.3 Å². The number of carbonyl (C=O) groups is 2. The van der Waals surface area contributed by atoms with Gasteiger partial charge in [0.1, 0.15) is 5.75 Å². The minimum Gasteiger partial charge on any atom is -0.494 e. The lowest BCUT2D eigenvalue weighted by molar-refractivity contribution is -0.131. The van der Waals surface area contributed by atoms with Gasteiger partial charge in [-0.05, 0) is 42.0 Å². The Bertz CT molecular complexity index is 1190. The summed E-state index contributed by atoms with van der Waals surface area (Å²) in [6.45, 7) is 2.83. The van der Waals surface area contributed by atoms with E-state index in [1.165, 1.54) is 32.1 Å². The first kappa shape index (κ1) is 24.3. The van der Waals surface area contributed by atoms with E-state index in [9.17, 15) is 9.59 Å². The van der Waals surface area contributed by atoms with Gasteiger partial charge < -0.3 is 14.5 Å². The van der Waals surface area contributed by atoms with Crippen LogP contribution in [0.5, 0.6) is 5.75 Å². The maximum absolute atomic E-state index is 13.1. The summed E-state index contributed by atoms with van der Waals surface area (Å²) in [7, 11) is 0. The van der Waals surface area contributed by atoms with E-state index in [0.717, 1.165) is 34.6 Å². The van der Waals surface area contributed by atoms with Crippen LogP contribution in [-0.4, -0.2) is 59.4 Å². The SMILES string of the molecule is O=C(Cc1nccc2ccccc12)N1CCN(C(=O)c2cccc(OCCC3CCCCC3)c2)CC1. The molecule has 36 heavy (non-hydrogen) atoms. The summed E-state index contributed by atoms with van der Waals surface area (Å²) in [5.41, 5.74) is 1.45. The van der Waals surface area contributed by atoms with E-state index in [0.29, 0.717) is 38.3 Å². The van der Waals surface area contributed by atoms with Gasteiger partial charge in [0.05, 0.1) is 18.7 Å². The fraction of sp³-hybridized carbons (Fsp3) is 0.433. The summed E-state index contributed by atoms with van der Waals surface area (Å²) in [6.07, 6.45) is 9.80. The smallest absolute Gasteiger partial charge is 0.254 e. The number of fused-ring (bicyclic) bond motifs is 1. The summed E-state index contributed by atoms with van der Waals surface area (Å²) in [6, 6.07) is 17.5. The van der Waals surface area contributed by atoms with Gasteiger partial charge in [0.2, 0.25) is 5.91 Å². The van der Waals surface area contributed by atoms with Crippen molar-refractivity contribution in [2.24, 2.45) is 5.92 Å². The van der Waals surface area contributed by atoms with Crippen molar-refractivity contribution in [3.8, 4) is 5.75 Å². The van der Waals surface area contributed by atoms with Gasteiger partial charge >= 0.3 is 0 Å². The molecule has 1 saturated carbocycles. The average Bonchev–Trinajstić information content (AvgIpc) is 2.94. The van der Waals surface area contributed by atoms with E-state index in [2.05, 4.69) is 4.98 Å². The Morgan fingerprint density at radius 3 is 2.50 bits per heavy atom. The average molecular weight is 486 g/mol. The van der Waals surface area contributed by atoms with E-state index >= 15 is 0 Å². The minimum atomic E-state index is -0.00412. The zero-order valence-electron chi connectivity index (χ0n) is 20.9. The van der Waals surface area contributed by atoms with Gasteiger partial charge in [0.15, 0.2) is 0 Å². The highest BCUT2D eigenvalue weighted by Crippen LogP contribution is 2.26. The van der Waals surface area contributed by atoms with Gasteiger partial charge in [-0.2, -0.15) is 0 Å². The molecule has 0 radical (unpaired) electrons. The molecule has 2 heterocycles.